The number of pyridine rings is 1. The molecule has 0 unspecified atom stereocenters. The zero-order valence-electron chi connectivity index (χ0n) is 19.8. The molecule has 0 radical (unpaired) electrons. The third kappa shape index (κ3) is 3.28. The lowest BCUT2D eigenvalue weighted by Crippen LogP contribution is -2.51. The molecule has 2 aliphatic carbocycles. The van der Waals surface area contributed by atoms with E-state index in [0.717, 1.165) is 12.8 Å². The van der Waals surface area contributed by atoms with E-state index in [-0.39, 0.29) is 29.7 Å². The molecule has 12 nitrogen and oxygen atoms in total. The van der Waals surface area contributed by atoms with Gasteiger partial charge < -0.3 is 34.7 Å². The van der Waals surface area contributed by atoms with Crippen LogP contribution in [0.2, 0.25) is 0 Å². The van der Waals surface area contributed by atoms with Gasteiger partial charge in [-0.15, -0.1) is 0 Å². The van der Waals surface area contributed by atoms with Gasteiger partial charge in [0.15, 0.2) is 17.3 Å². The van der Waals surface area contributed by atoms with Crippen molar-refractivity contribution in [3.05, 3.63) is 40.4 Å². The highest BCUT2D eigenvalue weighted by Crippen LogP contribution is 2.53. The number of fused-ring (bicyclic) bond motifs is 4. The molecule has 3 fully saturated rings. The van der Waals surface area contributed by atoms with Crippen LogP contribution < -0.4 is 26.2 Å². The number of carbonyl (C=O) groups is 1. The molecule has 0 aromatic carbocycles. The molecule has 5 atom stereocenters. The molecule has 2 aliphatic heterocycles. The normalized spacial score (nSPS) is 27.9. The van der Waals surface area contributed by atoms with Crippen LogP contribution in [0.1, 0.15) is 29.2 Å². The SMILES string of the molecule is CO[C@H]1CC[C@@H]1NC(=O)c1cnn2c3c(c(Nc4cccn([C@H]5[C@@H]6COC[C@@H]65)c4=O)nc12)OCCN3. The van der Waals surface area contributed by atoms with Crippen molar-refractivity contribution in [2.24, 2.45) is 11.8 Å². The Bertz CT molecular complexity index is 1410. The molecule has 2 saturated carbocycles. The number of amides is 1. The third-order valence-electron chi connectivity index (χ3n) is 7.77. The van der Waals surface area contributed by atoms with Gasteiger partial charge in [0.05, 0.1) is 38.1 Å². The van der Waals surface area contributed by atoms with E-state index in [1.54, 1.807) is 22.3 Å². The Morgan fingerprint density at radius 2 is 2.14 bits per heavy atom. The summed E-state index contributed by atoms with van der Waals surface area (Å²) in [6.07, 6.45) is 5.13. The van der Waals surface area contributed by atoms with Gasteiger partial charge in [-0.2, -0.15) is 9.61 Å². The fourth-order valence-electron chi connectivity index (χ4n) is 5.59. The summed E-state index contributed by atoms with van der Waals surface area (Å²) in [4.78, 5) is 31.2. The second-order valence-electron chi connectivity index (χ2n) is 9.75. The van der Waals surface area contributed by atoms with Gasteiger partial charge in [0.25, 0.3) is 11.5 Å². The summed E-state index contributed by atoms with van der Waals surface area (Å²) in [5.74, 6) is 1.91. The predicted octanol–water partition coefficient (Wildman–Crippen LogP) is 1.16. The molecule has 188 valence electrons. The fraction of sp³-hybridized carbons (Fsp3) is 0.500. The molecule has 4 aliphatic rings. The topological polar surface area (TPSA) is 133 Å². The van der Waals surface area contributed by atoms with Crippen molar-refractivity contribution in [2.75, 3.05) is 44.1 Å². The van der Waals surface area contributed by atoms with Gasteiger partial charge in [-0.1, -0.05) is 0 Å². The van der Waals surface area contributed by atoms with Gasteiger partial charge in [-0.3, -0.25) is 9.59 Å². The van der Waals surface area contributed by atoms with Gasteiger partial charge in [-0.25, -0.2) is 4.98 Å². The minimum Gasteiger partial charge on any atom is -0.485 e. The van der Waals surface area contributed by atoms with Crippen LogP contribution in [-0.4, -0.2) is 70.7 Å². The Morgan fingerprint density at radius 1 is 1.28 bits per heavy atom. The summed E-state index contributed by atoms with van der Waals surface area (Å²) in [6, 6.07) is 3.71. The van der Waals surface area contributed by atoms with E-state index >= 15 is 0 Å². The number of nitrogens with zero attached hydrogens (tertiary/aromatic N) is 4. The number of nitrogens with one attached hydrogen (secondary N) is 3. The summed E-state index contributed by atoms with van der Waals surface area (Å²) < 4.78 is 20.2. The number of ether oxygens (including phenoxy) is 3. The summed E-state index contributed by atoms with van der Waals surface area (Å²) >= 11 is 0. The molecule has 36 heavy (non-hydrogen) atoms. The van der Waals surface area contributed by atoms with Crippen molar-refractivity contribution in [1.29, 1.82) is 0 Å². The van der Waals surface area contributed by atoms with E-state index in [4.69, 9.17) is 19.2 Å². The van der Waals surface area contributed by atoms with Gasteiger partial charge in [0, 0.05) is 31.2 Å². The largest absolute Gasteiger partial charge is 0.485 e. The van der Waals surface area contributed by atoms with Crippen molar-refractivity contribution >= 4 is 28.9 Å². The van der Waals surface area contributed by atoms with E-state index in [2.05, 4.69) is 21.0 Å². The molecule has 12 heteroatoms. The van der Waals surface area contributed by atoms with Crippen molar-refractivity contribution in [1.82, 2.24) is 24.5 Å². The van der Waals surface area contributed by atoms with Gasteiger partial charge in [0.1, 0.15) is 17.9 Å². The number of rotatable bonds is 6. The number of hydrogen-bond donors (Lipinski definition) is 3. The second-order valence-corrected chi connectivity index (χ2v) is 9.75. The fourth-order valence-corrected chi connectivity index (χ4v) is 5.59. The quantitative estimate of drug-likeness (QED) is 0.463. The standard InChI is InChI=1S/C24H27N7O5/c1-34-17-5-4-15(17)28-23(32)12-9-26-31-21(12)29-20(19-22(31)25-6-8-36-19)27-16-3-2-7-30(24(16)33)18-13-10-35-11-14(13)18/h2-3,7,9,13-15,17-18,25H,4-6,8,10-11H2,1H3,(H,27,29)(H,28,32)/t13-,14+,15-,17-,18+/m0/s1. The van der Waals surface area contributed by atoms with Gasteiger partial charge in [0.2, 0.25) is 5.75 Å². The van der Waals surface area contributed by atoms with E-state index < -0.39 is 0 Å². The van der Waals surface area contributed by atoms with Crippen molar-refractivity contribution in [3.8, 4) is 5.75 Å². The lowest BCUT2D eigenvalue weighted by atomic mass is 9.89. The van der Waals surface area contributed by atoms with Crippen LogP contribution in [0.3, 0.4) is 0 Å². The average Bonchev–Trinajstić information content (AvgIpc) is 3.20. The van der Waals surface area contributed by atoms with Gasteiger partial charge >= 0.3 is 0 Å². The van der Waals surface area contributed by atoms with Crippen LogP contribution in [0.15, 0.2) is 29.3 Å². The highest BCUT2D eigenvalue weighted by molar-refractivity contribution is 6.00. The third-order valence-corrected chi connectivity index (χ3v) is 7.77. The molecule has 3 aromatic rings. The van der Waals surface area contributed by atoms with Gasteiger partial charge in [-0.05, 0) is 25.0 Å². The van der Waals surface area contributed by atoms with Crippen LogP contribution in [0.4, 0.5) is 17.3 Å². The number of hydrogen-bond acceptors (Lipinski definition) is 9. The van der Waals surface area contributed by atoms with Crippen LogP contribution in [-0.2, 0) is 9.47 Å². The van der Waals surface area contributed by atoms with Crippen LogP contribution in [0.25, 0.3) is 5.65 Å². The Balaban J connectivity index is 1.24. The number of carbonyl (C=O) groups excluding carboxylic acids is 1. The summed E-state index contributed by atoms with van der Waals surface area (Å²) in [6.45, 7) is 2.41. The first-order chi connectivity index (χ1) is 17.6. The van der Waals surface area contributed by atoms with Crippen LogP contribution in [0, 0.1) is 11.8 Å². The van der Waals surface area contributed by atoms with E-state index in [1.165, 1.54) is 6.20 Å². The first-order valence-electron chi connectivity index (χ1n) is 12.3. The van der Waals surface area contributed by atoms with Crippen molar-refractivity contribution in [3.63, 3.8) is 0 Å². The molecule has 0 spiro atoms. The number of anilines is 3. The zero-order chi connectivity index (χ0) is 24.4. The van der Waals surface area contributed by atoms with Crippen LogP contribution in [0.5, 0.6) is 5.75 Å². The monoisotopic (exact) mass is 493 g/mol. The first kappa shape index (κ1) is 21.6. The summed E-state index contributed by atoms with van der Waals surface area (Å²) in [7, 11) is 1.65. The number of aromatic nitrogens is 4. The van der Waals surface area contributed by atoms with Crippen molar-refractivity contribution in [2.45, 2.75) is 31.0 Å². The van der Waals surface area contributed by atoms with E-state index in [9.17, 15) is 9.59 Å². The number of methoxy groups -OCH3 is 1. The molecule has 7 rings (SSSR count). The molecule has 1 saturated heterocycles. The lowest BCUT2D eigenvalue weighted by molar-refractivity contribution is 0.00732. The summed E-state index contributed by atoms with van der Waals surface area (Å²) in [5, 5.41) is 13.9. The Morgan fingerprint density at radius 3 is 2.92 bits per heavy atom. The van der Waals surface area contributed by atoms with E-state index in [1.807, 2.05) is 12.3 Å². The summed E-state index contributed by atoms with van der Waals surface area (Å²) in [5.41, 5.74) is 0.967. The van der Waals surface area contributed by atoms with E-state index in [0.29, 0.717) is 72.5 Å². The first-order valence-corrected chi connectivity index (χ1v) is 12.3. The molecular weight excluding hydrogens is 466 g/mol. The smallest absolute Gasteiger partial charge is 0.274 e. The maximum absolute atomic E-state index is 13.3. The average molecular weight is 494 g/mol. The minimum atomic E-state index is -0.267. The molecule has 3 aromatic heterocycles. The Labute approximate surface area is 205 Å². The minimum absolute atomic E-state index is 0.0154. The Kier molecular flexibility index (Phi) is 4.93. The molecule has 3 N–H and O–H groups in total. The molecule has 0 bridgehead atoms. The second kappa shape index (κ2) is 8.20. The maximum Gasteiger partial charge on any atom is 0.274 e. The predicted molar refractivity (Wildman–Crippen MR) is 129 cm³/mol. The highest BCUT2D eigenvalue weighted by atomic mass is 16.5. The Hall–Kier alpha value is -3.64. The zero-order valence-corrected chi connectivity index (χ0v) is 19.8. The highest BCUT2D eigenvalue weighted by Gasteiger charge is 2.55. The maximum atomic E-state index is 13.3. The molecule has 1 amide bonds. The molecular formula is C24H27N7O5. The molecule has 5 heterocycles. The lowest BCUT2D eigenvalue weighted by Gasteiger charge is -2.35. The van der Waals surface area contributed by atoms with Crippen LogP contribution >= 0.6 is 0 Å². The van der Waals surface area contributed by atoms with Crippen molar-refractivity contribution < 1.29 is 19.0 Å².